The summed E-state index contributed by atoms with van der Waals surface area (Å²) in [6.07, 6.45) is 0.316. The molecule has 4 aromatic rings. The SMILES string of the molecule is Cc1noc(C)c1COc1ccc(CC(=O)N[C@H](C)c2ccc(-c3ccccc3)cc2)cc1. The molecule has 0 aliphatic heterocycles. The fraction of sp³-hybridized carbons (Fsp3) is 0.214. The van der Waals surface area contributed by atoms with Crippen LogP contribution in [0, 0.1) is 13.8 Å². The predicted molar refractivity (Wildman–Crippen MR) is 129 cm³/mol. The van der Waals surface area contributed by atoms with Crippen molar-refractivity contribution in [1.29, 1.82) is 0 Å². The molecule has 5 nitrogen and oxygen atoms in total. The average molecular weight is 441 g/mol. The number of rotatable bonds is 8. The second kappa shape index (κ2) is 10.2. The number of nitrogens with one attached hydrogen (secondary N) is 1. The molecular formula is C28H28N2O3. The maximum atomic E-state index is 12.6. The van der Waals surface area contributed by atoms with Gasteiger partial charge in [0.25, 0.3) is 0 Å². The summed E-state index contributed by atoms with van der Waals surface area (Å²) in [6.45, 7) is 6.18. The third kappa shape index (κ3) is 5.69. The second-order valence-corrected chi connectivity index (χ2v) is 8.19. The van der Waals surface area contributed by atoms with Crippen LogP contribution in [0.25, 0.3) is 11.1 Å². The van der Waals surface area contributed by atoms with Crippen molar-refractivity contribution in [3.05, 3.63) is 107 Å². The monoisotopic (exact) mass is 440 g/mol. The topological polar surface area (TPSA) is 64.4 Å². The third-order valence-corrected chi connectivity index (χ3v) is 5.75. The van der Waals surface area contributed by atoms with Gasteiger partial charge in [0, 0.05) is 0 Å². The minimum atomic E-state index is -0.0695. The van der Waals surface area contributed by atoms with Crippen LogP contribution in [0.3, 0.4) is 0 Å². The molecule has 1 atom stereocenters. The van der Waals surface area contributed by atoms with Crippen molar-refractivity contribution in [3.63, 3.8) is 0 Å². The van der Waals surface area contributed by atoms with Crippen LogP contribution in [0.2, 0.25) is 0 Å². The largest absolute Gasteiger partial charge is 0.489 e. The molecule has 0 unspecified atom stereocenters. The van der Waals surface area contributed by atoms with Gasteiger partial charge in [-0.05, 0) is 55.2 Å². The molecule has 168 valence electrons. The van der Waals surface area contributed by atoms with E-state index < -0.39 is 0 Å². The standard InChI is InChI=1S/C28H28N2O3/c1-19(23-11-13-25(14-12-23)24-7-5-4-6-8-24)29-28(31)17-22-9-15-26(16-10-22)32-18-27-20(2)30-33-21(27)3/h4-16,19H,17-18H2,1-3H3,(H,29,31)/t19-/m1/s1. The van der Waals surface area contributed by atoms with E-state index in [4.69, 9.17) is 9.26 Å². The Balaban J connectivity index is 1.29. The Labute approximate surface area is 194 Å². The van der Waals surface area contributed by atoms with E-state index in [1.165, 1.54) is 5.56 Å². The molecule has 1 amide bonds. The van der Waals surface area contributed by atoms with Crippen molar-refractivity contribution in [2.24, 2.45) is 0 Å². The summed E-state index contributed by atoms with van der Waals surface area (Å²) in [7, 11) is 0. The molecular weight excluding hydrogens is 412 g/mol. The first-order valence-corrected chi connectivity index (χ1v) is 11.1. The summed E-state index contributed by atoms with van der Waals surface area (Å²) in [5.74, 6) is 1.50. The smallest absolute Gasteiger partial charge is 0.224 e. The van der Waals surface area contributed by atoms with Gasteiger partial charge in [-0.2, -0.15) is 0 Å². The Morgan fingerprint density at radius 2 is 1.61 bits per heavy atom. The lowest BCUT2D eigenvalue weighted by atomic mass is 10.0. The molecule has 0 saturated carbocycles. The highest BCUT2D eigenvalue weighted by Crippen LogP contribution is 2.22. The van der Waals surface area contributed by atoms with E-state index in [0.29, 0.717) is 13.0 Å². The number of hydrogen-bond donors (Lipinski definition) is 1. The van der Waals surface area contributed by atoms with Gasteiger partial charge < -0.3 is 14.6 Å². The van der Waals surface area contributed by atoms with Gasteiger partial charge in [-0.3, -0.25) is 4.79 Å². The number of carbonyl (C=O) groups is 1. The number of hydrogen-bond acceptors (Lipinski definition) is 4. The second-order valence-electron chi connectivity index (χ2n) is 8.19. The molecule has 0 radical (unpaired) electrons. The Hall–Kier alpha value is -3.86. The van der Waals surface area contributed by atoms with Crippen LogP contribution < -0.4 is 10.1 Å². The molecule has 1 heterocycles. The molecule has 0 spiro atoms. The number of aromatic nitrogens is 1. The van der Waals surface area contributed by atoms with E-state index >= 15 is 0 Å². The van der Waals surface area contributed by atoms with Gasteiger partial charge in [-0.15, -0.1) is 0 Å². The van der Waals surface area contributed by atoms with Crippen molar-refractivity contribution in [2.45, 2.75) is 39.8 Å². The molecule has 3 aromatic carbocycles. The van der Waals surface area contributed by atoms with E-state index in [1.54, 1.807) is 0 Å². The Kier molecular flexibility index (Phi) is 6.89. The normalized spacial score (nSPS) is 11.7. The maximum absolute atomic E-state index is 12.6. The van der Waals surface area contributed by atoms with Crippen LogP contribution in [0.1, 0.15) is 41.1 Å². The summed E-state index contributed by atoms with van der Waals surface area (Å²) >= 11 is 0. The highest BCUT2D eigenvalue weighted by atomic mass is 16.5. The molecule has 1 aromatic heterocycles. The highest BCUT2D eigenvalue weighted by molar-refractivity contribution is 5.79. The zero-order chi connectivity index (χ0) is 23.2. The summed E-state index contributed by atoms with van der Waals surface area (Å²) in [4.78, 5) is 12.6. The molecule has 4 rings (SSSR count). The summed E-state index contributed by atoms with van der Waals surface area (Å²) in [6, 6.07) is 26.1. The van der Waals surface area contributed by atoms with E-state index in [0.717, 1.165) is 39.5 Å². The zero-order valence-corrected chi connectivity index (χ0v) is 19.2. The number of aryl methyl sites for hydroxylation is 2. The molecule has 0 bridgehead atoms. The van der Waals surface area contributed by atoms with Gasteiger partial charge in [0.2, 0.25) is 5.91 Å². The summed E-state index contributed by atoms with van der Waals surface area (Å²) < 4.78 is 11.0. The highest BCUT2D eigenvalue weighted by Gasteiger charge is 2.12. The molecule has 33 heavy (non-hydrogen) atoms. The lowest BCUT2D eigenvalue weighted by Gasteiger charge is -2.15. The van der Waals surface area contributed by atoms with Crippen LogP contribution in [0.5, 0.6) is 5.75 Å². The average Bonchev–Trinajstić information content (AvgIpc) is 3.16. The van der Waals surface area contributed by atoms with Gasteiger partial charge in [-0.25, -0.2) is 0 Å². The lowest BCUT2D eigenvalue weighted by Crippen LogP contribution is -2.28. The van der Waals surface area contributed by atoms with Crippen molar-refractivity contribution in [1.82, 2.24) is 10.5 Å². The number of carbonyl (C=O) groups excluding carboxylic acids is 1. The Morgan fingerprint density at radius 1 is 0.939 bits per heavy atom. The predicted octanol–water partition coefficient (Wildman–Crippen LogP) is 5.96. The lowest BCUT2D eigenvalue weighted by molar-refractivity contribution is -0.121. The van der Waals surface area contributed by atoms with Crippen molar-refractivity contribution in [2.75, 3.05) is 0 Å². The number of nitrogens with zero attached hydrogens (tertiary/aromatic N) is 1. The van der Waals surface area contributed by atoms with Crippen molar-refractivity contribution in [3.8, 4) is 16.9 Å². The van der Waals surface area contributed by atoms with Gasteiger partial charge >= 0.3 is 0 Å². The van der Waals surface area contributed by atoms with E-state index in [2.05, 4.69) is 46.9 Å². The summed E-state index contributed by atoms with van der Waals surface area (Å²) in [5, 5.41) is 7.03. The molecule has 5 heteroatoms. The Morgan fingerprint density at radius 3 is 2.24 bits per heavy atom. The van der Waals surface area contributed by atoms with Crippen LogP contribution in [-0.2, 0) is 17.8 Å². The van der Waals surface area contributed by atoms with Crippen molar-refractivity contribution < 1.29 is 14.1 Å². The van der Waals surface area contributed by atoms with Gasteiger partial charge in [0.15, 0.2) is 0 Å². The molecule has 0 aliphatic rings. The van der Waals surface area contributed by atoms with Gasteiger partial charge in [0.1, 0.15) is 18.1 Å². The Bertz CT molecular complexity index is 1180. The number of amides is 1. The maximum Gasteiger partial charge on any atom is 0.224 e. The first-order chi connectivity index (χ1) is 16.0. The van der Waals surface area contributed by atoms with Gasteiger partial charge in [0.05, 0.1) is 23.7 Å². The fourth-order valence-corrected chi connectivity index (χ4v) is 3.72. The first kappa shape index (κ1) is 22.3. The van der Waals surface area contributed by atoms with Crippen LogP contribution in [0.4, 0.5) is 0 Å². The molecule has 1 N–H and O–H groups in total. The quantitative estimate of drug-likeness (QED) is 0.367. The third-order valence-electron chi connectivity index (χ3n) is 5.75. The van der Waals surface area contributed by atoms with Gasteiger partial charge in [-0.1, -0.05) is 71.9 Å². The zero-order valence-electron chi connectivity index (χ0n) is 19.2. The number of ether oxygens (including phenoxy) is 1. The minimum absolute atomic E-state index is 0.0148. The molecule has 0 aliphatic carbocycles. The minimum Gasteiger partial charge on any atom is -0.489 e. The van der Waals surface area contributed by atoms with Crippen LogP contribution in [-0.4, -0.2) is 11.1 Å². The van der Waals surface area contributed by atoms with E-state index in [1.807, 2.05) is 63.2 Å². The molecule has 0 fully saturated rings. The fourth-order valence-electron chi connectivity index (χ4n) is 3.72. The van der Waals surface area contributed by atoms with Crippen LogP contribution >= 0.6 is 0 Å². The van der Waals surface area contributed by atoms with Crippen molar-refractivity contribution >= 4 is 5.91 Å². The van der Waals surface area contributed by atoms with Crippen LogP contribution in [0.15, 0.2) is 83.4 Å². The number of benzene rings is 3. The summed E-state index contributed by atoms with van der Waals surface area (Å²) in [5.41, 5.74) is 6.15. The van der Waals surface area contributed by atoms with E-state index in [9.17, 15) is 4.79 Å². The molecule has 0 saturated heterocycles. The first-order valence-electron chi connectivity index (χ1n) is 11.1. The van der Waals surface area contributed by atoms with E-state index in [-0.39, 0.29) is 11.9 Å².